The van der Waals surface area contributed by atoms with E-state index in [2.05, 4.69) is 15.2 Å². The Labute approximate surface area is 191 Å². The standard InChI is InChI=1S/C24H26N4O5/c29-19-4-2-1-3-15(19)13-27-11-9-24(33,10-12-27)20-7-5-16-17(25-20)14-28(23(16)32)18-6-8-21(30)26-22(18)31/h1-5,7,18,29,33H,6,8-14H2,(H,26,30,31). The van der Waals surface area contributed by atoms with Crippen molar-refractivity contribution in [2.24, 2.45) is 0 Å². The van der Waals surface area contributed by atoms with Crippen LogP contribution in [0.25, 0.3) is 0 Å². The van der Waals surface area contributed by atoms with Gasteiger partial charge >= 0.3 is 0 Å². The number of likely N-dealkylation sites (tertiary alicyclic amines) is 1. The first-order chi connectivity index (χ1) is 15.8. The van der Waals surface area contributed by atoms with Gasteiger partial charge in [-0.3, -0.25) is 29.6 Å². The zero-order valence-corrected chi connectivity index (χ0v) is 18.2. The molecular formula is C24H26N4O5. The van der Waals surface area contributed by atoms with Crippen molar-refractivity contribution in [2.75, 3.05) is 13.1 Å². The molecule has 9 heteroatoms. The van der Waals surface area contributed by atoms with E-state index < -0.39 is 17.6 Å². The predicted octanol–water partition coefficient (Wildman–Crippen LogP) is 1.03. The maximum atomic E-state index is 12.9. The van der Waals surface area contributed by atoms with Crippen molar-refractivity contribution in [1.82, 2.24) is 20.1 Å². The minimum absolute atomic E-state index is 0.184. The van der Waals surface area contributed by atoms with Crippen LogP contribution in [0.15, 0.2) is 36.4 Å². The van der Waals surface area contributed by atoms with Crippen molar-refractivity contribution in [2.45, 2.75) is 50.4 Å². The van der Waals surface area contributed by atoms with Crippen molar-refractivity contribution in [3.8, 4) is 5.75 Å². The maximum absolute atomic E-state index is 12.9. The fraction of sp³-hybridized carbons (Fsp3) is 0.417. The number of carbonyl (C=O) groups excluding carboxylic acids is 3. The van der Waals surface area contributed by atoms with Gasteiger partial charge in [0.1, 0.15) is 17.4 Å². The van der Waals surface area contributed by atoms with Crippen LogP contribution in [0.3, 0.4) is 0 Å². The Bertz CT molecular complexity index is 1130. The molecule has 172 valence electrons. The number of pyridine rings is 1. The third-order valence-corrected chi connectivity index (χ3v) is 6.92. The minimum atomic E-state index is -1.10. The first-order valence-electron chi connectivity index (χ1n) is 11.2. The van der Waals surface area contributed by atoms with Gasteiger partial charge in [0.15, 0.2) is 0 Å². The lowest BCUT2D eigenvalue weighted by molar-refractivity contribution is -0.136. The number of aliphatic hydroxyl groups is 1. The molecule has 2 fully saturated rings. The van der Waals surface area contributed by atoms with Crippen LogP contribution < -0.4 is 5.32 Å². The van der Waals surface area contributed by atoms with E-state index in [-0.39, 0.29) is 30.5 Å². The quantitative estimate of drug-likeness (QED) is 0.595. The monoisotopic (exact) mass is 450 g/mol. The van der Waals surface area contributed by atoms with Gasteiger partial charge in [-0.2, -0.15) is 0 Å². The van der Waals surface area contributed by atoms with Gasteiger partial charge in [-0.1, -0.05) is 18.2 Å². The molecule has 2 saturated heterocycles. The number of piperidine rings is 2. The van der Waals surface area contributed by atoms with Gasteiger partial charge in [-0.05, 0) is 37.5 Å². The average Bonchev–Trinajstić information content (AvgIpc) is 3.12. The lowest BCUT2D eigenvalue weighted by Gasteiger charge is -2.38. The van der Waals surface area contributed by atoms with E-state index in [1.807, 2.05) is 12.1 Å². The maximum Gasteiger partial charge on any atom is 0.256 e. The Kier molecular flexibility index (Phi) is 5.38. The normalized spacial score (nSPS) is 22.9. The average molecular weight is 450 g/mol. The minimum Gasteiger partial charge on any atom is -0.508 e. The lowest BCUT2D eigenvalue weighted by atomic mass is 9.87. The summed E-state index contributed by atoms with van der Waals surface area (Å²) < 4.78 is 0. The summed E-state index contributed by atoms with van der Waals surface area (Å²) in [5, 5.41) is 23.6. The molecule has 3 aliphatic heterocycles. The predicted molar refractivity (Wildman–Crippen MR) is 117 cm³/mol. The highest BCUT2D eigenvalue weighted by Crippen LogP contribution is 2.35. The summed E-state index contributed by atoms with van der Waals surface area (Å²) in [6, 6.07) is 9.94. The number of fused-ring (bicyclic) bond motifs is 1. The summed E-state index contributed by atoms with van der Waals surface area (Å²) in [7, 11) is 0. The van der Waals surface area contributed by atoms with E-state index in [9.17, 15) is 24.6 Å². The zero-order chi connectivity index (χ0) is 23.2. The Morgan fingerprint density at radius 3 is 2.58 bits per heavy atom. The van der Waals surface area contributed by atoms with E-state index in [4.69, 9.17) is 0 Å². The van der Waals surface area contributed by atoms with Crippen LogP contribution in [0.2, 0.25) is 0 Å². The summed E-state index contributed by atoms with van der Waals surface area (Å²) in [5.41, 5.74) is 1.26. The third kappa shape index (κ3) is 3.98. The van der Waals surface area contributed by atoms with Crippen molar-refractivity contribution in [1.29, 1.82) is 0 Å². The Morgan fingerprint density at radius 1 is 1.09 bits per heavy atom. The largest absolute Gasteiger partial charge is 0.508 e. The van der Waals surface area contributed by atoms with Crippen LogP contribution in [0.1, 0.15) is 53.0 Å². The van der Waals surface area contributed by atoms with Gasteiger partial charge in [-0.15, -0.1) is 0 Å². The van der Waals surface area contributed by atoms with Crippen LogP contribution in [0.5, 0.6) is 5.75 Å². The fourth-order valence-electron chi connectivity index (χ4n) is 4.92. The molecule has 5 rings (SSSR count). The summed E-state index contributed by atoms with van der Waals surface area (Å²) in [4.78, 5) is 44.8. The smallest absolute Gasteiger partial charge is 0.256 e. The number of hydrogen-bond donors (Lipinski definition) is 3. The molecule has 3 aliphatic rings. The molecule has 33 heavy (non-hydrogen) atoms. The Balaban J connectivity index is 1.28. The number of para-hydroxylation sites is 1. The highest BCUT2D eigenvalue weighted by atomic mass is 16.3. The van der Waals surface area contributed by atoms with E-state index in [1.54, 1.807) is 24.3 Å². The number of nitrogens with one attached hydrogen (secondary N) is 1. The number of aromatic nitrogens is 1. The number of carbonyl (C=O) groups is 3. The van der Waals surface area contributed by atoms with Gasteiger partial charge in [0.2, 0.25) is 11.8 Å². The van der Waals surface area contributed by atoms with Crippen LogP contribution in [0, 0.1) is 0 Å². The molecule has 9 nitrogen and oxygen atoms in total. The Morgan fingerprint density at radius 2 is 1.85 bits per heavy atom. The summed E-state index contributed by atoms with van der Waals surface area (Å²) in [5.74, 6) is -0.785. The summed E-state index contributed by atoms with van der Waals surface area (Å²) in [6.45, 7) is 2.08. The second kappa shape index (κ2) is 8.24. The number of rotatable bonds is 4. The second-order valence-electron chi connectivity index (χ2n) is 9.03. The first-order valence-corrected chi connectivity index (χ1v) is 11.2. The van der Waals surface area contributed by atoms with Gasteiger partial charge in [0, 0.05) is 31.6 Å². The number of phenols is 1. The molecule has 3 N–H and O–H groups in total. The number of imide groups is 1. The van der Waals surface area contributed by atoms with Crippen LogP contribution in [-0.4, -0.2) is 61.8 Å². The first kappa shape index (κ1) is 21.5. The van der Waals surface area contributed by atoms with Crippen LogP contribution in [-0.2, 0) is 28.3 Å². The van der Waals surface area contributed by atoms with E-state index in [1.165, 1.54) is 4.90 Å². The second-order valence-corrected chi connectivity index (χ2v) is 9.03. The number of nitrogens with zero attached hydrogens (tertiary/aromatic N) is 3. The number of benzene rings is 1. The molecule has 2 aromatic rings. The topological polar surface area (TPSA) is 123 Å². The number of phenolic OH excluding ortho intramolecular Hbond substituents is 1. The molecule has 1 aromatic heterocycles. The number of amides is 3. The van der Waals surface area contributed by atoms with E-state index in [0.29, 0.717) is 55.8 Å². The van der Waals surface area contributed by atoms with E-state index in [0.717, 1.165) is 5.56 Å². The molecule has 0 spiro atoms. The molecule has 0 saturated carbocycles. The van der Waals surface area contributed by atoms with Crippen molar-refractivity contribution >= 4 is 17.7 Å². The van der Waals surface area contributed by atoms with Gasteiger partial charge < -0.3 is 15.1 Å². The van der Waals surface area contributed by atoms with Gasteiger partial charge in [-0.25, -0.2) is 0 Å². The molecule has 0 aliphatic carbocycles. The highest BCUT2D eigenvalue weighted by Gasteiger charge is 2.41. The molecule has 0 radical (unpaired) electrons. The zero-order valence-electron chi connectivity index (χ0n) is 18.2. The number of hydrogen-bond acceptors (Lipinski definition) is 7. The SMILES string of the molecule is O=C1CCC(N2Cc3nc(C4(O)CCN(Cc5ccccc5O)CC4)ccc3C2=O)C(=O)N1. The van der Waals surface area contributed by atoms with Crippen molar-refractivity contribution < 1.29 is 24.6 Å². The molecule has 1 atom stereocenters. The van der Waals surface area contributed by atoms with Crippen LogP contribution >= 0.6 is 0 Å². The highest BCUT2D eigenvalue weighted by molar-refractivity contribution is 6.05. The lowest BCUT2D eigenvalue weighted by Crippen LogP contribution is -2.52. The molecule has 1 aromatic carbocycles. The Hall–Kier alpha value is -3.30. The molecular weight excluding hydrogens is 424 g/mol. The fourth-order valence-corrected chi connectivity index (χ4v) is 4.92. The number of aromatic hydroxyl groups is 1. The van der Waals surface area contributed by atoms with Crippen molar-refractivity contribution in [3.63, 3.8) is 0 Å². The third-order valence-electron chi connectivity index (χ3n) is 6.92. The summed E-state index contributed by atoms with van der Waals surface area (Å²) in [6.07, 6.45) is 1.47. The van der Waals surface area contributed by atoms with Gasteiger partial charge in [0.05, 0.1) is 23.5 Å². The van der Waals surface area contributed by atoms with Crippen molar-refractivity contribution in [3.05, 3.63) is 58.9 Å². The molecule has 0 bridgehead atoms. The molecule has 1 unspecified atom stereocenters. The molecule has 4 heterocycles. The van der Waals surface area contributed by atoms with E-state index >= 15 is 0 Å². The molecule has 3 amide bonds. The van der Waals surface area contributed by atoms with Gasteiger partial charge in [0.25, 0.3) is 5.91 Å². The van der Waals surface area contributed by atoms with Crippen LogP contribution in [0.4, 0.5) is 0 Å². The summed E-state index contributed by atoms with van der Waals surface area (Å²) >= 11 is 0.